The maximum Gasteiger partial charge on any atom is 0.337 e. The van der Waals surface area contributed by atoms with Crippen molar-refractivity contribution in [3.63, 3.8) is 0 Å². The molecule has 0 spiro atoms. The lowest BCUT2D eigenvalue weighted by atomic mass is 9.79. The van der Waals surface area contributed by atoms with Gasteiger partial charge in [-0.15, -0.1) is 0 Å². The van der Waals surface area contributed by atoms with Gasteiger partial charge in [0.1, 0.15) is 0 Å². The highest BCUT2D eigenvalue weighted by atomic mass is 28.4. The van der Waals surface area contributed by atoms with E-state index in [0.29, 0.717) is 5.41 Å². The van der Waals surface area contributed by atoms with Crippen molar-refractivity contribution in [3.05, 3.63) is 0 Å². The molecule has 108 valence electrons. The van der Waals surface area contributed by atoms with Crippen LogP contribution in [-0.4, -0.2) is 35.0 Å². The highest BCUT2D eigenvalue weighted by Gasteiger charge is 2.39. The normalized spacial score (nSPS) is 18.7. The van der Waals surface area contributed by atoms with Gasteiger partial charge < -0.3 is 13.6 Å². The van der Waals surface area contributed by atoms with Crippen molar-refractivity contribution in [2.75, 3.05) is 26.4 Å². The predicted molar refractivity (Wildman–Crippen MR) is 77.1 cm³/mol. The quantitative estimate of drug-likeness (QED) is 0.568. The molecule has 1 heterocycles. The van der Waals surface area contributed by atoms with E-state index in [-0.39, 0.29) is 0 Å². The van der Waals surface area contributed by atoms with Gasteiger partial charge in [-0.05, 0) is 38.8 Å². The van der Waals surface area contributed by atoms with Crippen LogP contribution in [0.4, 0.5) is 0 Å². The Morgan fingerprint density at radius 2 is 1.67 bits per heavy atom. The number of hydrogen-bond donors (Lipinski definition) is 0. The standard InChI is InChI=1S/C14H30O3Si/c1-5-14(12-15-13-14)10-9-11-18(8-4,16-6-2)17-7-3/h5-13H2,1-4H3. The van der Waals surface area contributed by atoms with Gasteiger partial charge in [0.15, 0.2) is 0 Å². The Balaban J connectivity index is 2.40. The van der Waals surface area contributed by atoms with E-state index < -0.39 is 8.56 Å². The van der Waals surface area contributed by atoms with Gasteiger partial charge in [0.25, 0.3) is 0 Å². The second-order valence-corrected chi connectivity index (χ2v) is 8.94. The summed E-state index contributed by atoms with van der Waals surface area (Å²) >= 11 is 0. The summed E-state index contributed by atoms with van der Waals surface area (Å²) in [6.45, 7) is 12.1. The molecule has 4 heteroatoms. The molecule has 0 aromatic rings. The molecule has 18 heavy (non-hydrogen) atoms. The van der Waals surface area contributed by atoms with E-state index in [1.54, 1.807) is 0 Å². The average molecular weight is 274 g/mol. The average Bonchev–Trinajstić information content (AvgIpc) is 2.33. The molecular weight excluding hydrogens is 244 g/mol. The van der Waals surface area contributed by atoms with Crippen molar-refractivity contribution >= 4 is 8.56 Å². The van der Waals surface area contributed by atoms with Gasteiger partial charge in [-0.2, -0.15) is 0 Å². The van der Waals surface area contributed by atoms with E-state index in [1.807, 2.05) is 0 Å². The van der Waals surface area contributed by atoms with E-state index in [2.05, 4.69) is 27.7 Å². The Bertz CT molecular complexity index is 218. The van der Waals surface area contributed by atoms with Gasteiger partial charge >= 0.3 is 8.56 Å². The molecule has 0 radical (unpaired) electrons. The third-order valence-electron chi connectivity index (χ3n) is 4.18. The zero-order valence-electron chi connectivity index (χ0n) is 12.6. The molecular formula is C14H30O3Si. The van der Waals surface area contributed by atoms with Crippen LogP contribution in [0.15, 0.2) is 0 Å². The van der Waals surface area contributed by atoms with Crippen LogP contribution in [-0.2, 0) is 13.6 Å². The van der Waals surface area contributed by atoms with Gasteiger partial charge in [-0.1, -0.05) is 20.3 Å². The molecule has 0 N–H and O–H groups in total. The topological polar surface area (TPSA) is 27.7 Å². The van der Waals surface area contributed by atoms with Crippen LogP contribution in [0.2, 0.25) is 12.1 Å². The minimum absolute atomic E-state index is 0.465. The first-order valence-electron chi connectivity index (χ1n) is 7.51. The van der Waals surface area contributed by atoms with E-state index in [1.165, 1.54) is 19.3 Å². The van der Waals surface area contributed by atoms with Crippen LogP contribution in [0.5, 0.6) is 0 Å². The fourth-order valence-electron chi connectivity index (χ4n) is 2.74. The van der Waals surface area contributed by atoms with Crippen molar-refractivity contribution in [2.45, 2.75) is 59.0 Å². The summed E-state index contributed by atoms with van der Waals surface area (Å²) < 4.78 is 17.4. The van der Waals surface area contributed by atoms with Gasteiger partial charge in [0, 0.05) is 18.6 Å². The molecule has 3 nitrogen and oxygen atoms in total. The molecule has 0 bridgehead atoms. The first-order chi connectivity index (χ1) is 8.66. The molecule has 1 rings (SSSR count). The lowest BCUT2D eigenvalue weighted by molar-refractivity contribution is -0.119. The zero-order valence-corrected chi connectivity index (χ0v) is 13.6. The minimum Gasteiger partial charge on any atom is -0.394 e. The maximum atomic E-state index is 6.00. The van der Waals surface area contributed by atoms with Crippen LogP contribution in [0.1, 0.15) is 47.0 Å². The monoisotopic (exact) mass is 274 g/mol. The molecule has 0 atom stereocenters. The summed E-state index contributed by atoms with van der Waals surface area (Å²) in [4.78, 5) is 0. The Hall–Kier alpha value is 0.0969. The number of ether oxygens (including phenoxy) is 1. The van der Waals surface area contributed by atoms with Crippen LogP contribution in [0.3, 0.4) is 0 Å². The summed E-state index contributed by atoms with van der Waals surface area (Å²) in [5, 5.41) is 0. The second kappa shape index (κ2) is 7.63. The van der Waals surface area contributed by atoms with Gasteiger partial charge in [-0.3, -0.25) is 0 Å². The summed E-state index contributed by atoms with van der Waals surface area (Å²) in [7, 11) is -1.91. The highest BCUT2D eigenvalue weighted by Crippen LogP contribution is 2.37. The Kier molecular flexibility index (Phi) is 6.85. The third-order valence-corrected chi connectivity index (χ3v) is 8.01. The van der Waals surface area contributed by atoms with Crippen molar-refractivity contribution < 1.29 is 13.6 Å². The van der Waals surface area contributed by atoms with Gasteiger partial charge in [0.2, 0.25) is 0 Å². The molecule has 1 fully saturated rings. The molecule has 0 saturated carbocycles. The van der Waals surface area contributed by atoms with E-state index >= 15 is 0 Å². The Morgan fingerprint density at radius 3 is 2.00 bits per heavy atom. The summed E-state index contributed by atoms with van der Waals surface area (Å²) in [5.41, 5.74) is 0.465. The highest BCUT2D eigenvalue weighted by molar-refractivity contribution is 6.67. The van der Waals surface area contributed by atoms with Crippen molar-refractivity contribution in [2.24, 2.45) is 5.41 Å². The van der Waals surface area contributed by atoms with Crippen LogP contribution < -0.4 is 0 Å². The third kappa shape index (κ3) is 4.05. The summed E-state index contributed by atoms with van der Waals surface area (Å²) in [6.07, 6.45) is 3.71. The second-order valence-electron chi connectivity index (χ2n) is 5.33. The fourth-order valence-corrected chi connectivity index (χ4v) is 5.64. The lowest BCUT2D eigenvalue weighted by Crippen LogP contribution is -2.44. The maximum absolute atomic E-state index is 6.00. The first-order valence-corrected chi connectivity index (χ1v) is 9.74. The largest absolute Gasteiger partial charge is 0.394 e. The van der Waals surface area contributed by atoms with E-state index in [9.17, 15) is 0 Å². The minimum atomic E-state index is -1.91. The fraction of sp³-hybridized carbons (Fsp3) is 1.00. The SMILES string of the molecule is CCO[Si](CC)(CCCC1(CC)COC1)OCC. The molecule has 0 unspecified atom stereocenters. The zero-order chi connectivity index (χ0) is 13.5. The summed E-state index contributed by atoms with van der Waals surface area (Å²) in [5.74, 6) is 0. The lowest BCUT2D eigenvalue weighted by Gasteiger charge is -2.41. The molecule has 1 aliphatic rings. The molecule has 0 amide bonds. The number of hydrogen-bond acceptors (Lipinski definition) is 3. The van der Waals surface area contributed by atoms with Crippen molar-refractivity contribution in [1.82, 2.24) is 0 Å². The number of rotatable bonds is 10. The van der Waals surface area contributed by atoms with Crippen molar-refractivity contribution in [1.29, 1.82) is 0 Å². The Morgan fingerprint density at radius 1 is 1.06 bits per heavy atom. The molecule has 0 aromatic heterocycles. The molecule has 1 saturated heterocycles. The van der Waals surface area contributed by atoms with Crippen LogP contribution in [0, 0.1) is 5.41 Å². The Labute approximate surface area is 113 Å². The summed E-state index contributed by atoms with van der Waals surface area (Å²) in [6, 6.07) is 2.19. The predicted octanol–water partition coefficient (Wildman–Crippen LogP) is 3.73. The first kappa shape index (κ1) is 16.2. The molecule has 0 aliphatic carbocycles. The van der Waals surface area contributed by atoms with E-state index in [4.69, 9.17) is 13.6 Å². The van der Waals surface area contributed by atoms with Crippen LogP contribution in [0.25, 0.3) is 0 Å². The molecule has 0 aromatic carbocycles. The van der Waals surface area contributed by atoms with Gasteiger partial charge in [-0.25, -0.2) is 0 Å². The van der Waals surface area contributed by atoms with Crippen LogP contribution >= 0.6 is 0 Å². The smallest absolute Gasteiger partial charge is 0.337 e. The van der Waals surface area contributed by atoms with Gasteiger partial charge in [0.05, 0.1) is 13.2 Å². The van der Waals surface area contributed by atoms with E-state index in [0.717, 1.165) is 38.5 Å². The molecule has 1 aliphatic heterocycles. The van der Waals surface area contributed by atoms with Crippen molar-refractivity contribution in [3.8, 4) is 0 Å².